The van der Waals surface area contributed by atoms with Crippen molar-refractivity contribution in [1.82, 2.24) is 15.6 Å². The summed E-state index contributed by atoms with van der Waals surface area (Å²) in [6.45, 7) is 7.54. The van der Waals surface area contributed by atoms with Gasteiger partial charge >= 0.3 is 0 Å². The third kappa shape index (κ3) is 6.67. The van der Waals surface area contributed by atoms with E-state index in [4.69, 9.17) is 4.74 Å². The molecule has 0 spiro atoms. The lowest BCUT2D eigenvalue weighted by Crippen LogP contribution is -2.37. The van der Waals surface area contributed by atoms with Crippen molar-refractivity contribution in [3.05, 3.63) is 71.6 Å². The number of benzene rings is 1. The first kappa shape index (κ1) is 24.5. The summed E-state index contributed by atoms with van der Waals surface area (Å²) in [5.41, 5.74) is 2.61. The second-order valence-electron chi connectivity index (χ2n) is 9.13. The van der Waals surface area contributed by atoms with E-state index < -0.39 is 0 Å². The zero-order valence-corrected chi connectivity index (χ0v) is 20.0. The van der Waals surface area contributed by atoms with Gasteiger partial charge in [0.15, 0.2) is 0 Å². The maximum Gasteiger partial charge on any atom is 0.255 e. The number of amides is 2. The summed E-state index contributed by atoms with van der Waals surface area (Å²) in [5, 5.41) is 6.09. The molecule has 3 rings (SSSR count). The molecule has 0 bridgehead atoms. The van der Waals surface area contributed by atoms with Crippen molar-refractivity contribution in [2.24, 2.45) is 23.7 Å². The Morgan fingerprint density at radius 2 is 1.88 bits per heavy atom. The van der Waals surface area contributed by atoms with Crippen LogP contribution in [0.3, 0.4) is 0 Å². The lowest BCUT2D eigenvalue weighted by Gasteiger charge is -2.37. The van der Waals surface area contributed by atoms with Crippen molar-refractivity contribution in [2.45, 2.75) is 40.2 Å². The molecule has 1 aromatic carbocycles. The van der Waals surface area contributed by atoms with Crippen molar-refractivity contribution in [2.75, 3.05) is 13.7 Å². The van der Waals surface area contributed by atoms with Gasteiger partial charge in [0.1, 0.15) is 5.75 Å². The van der Waals surface area contributed by atoms with Crippen LogP contribution >= 0.6 is 0 Å². The number of nitrogens with one attached hydrogen (secondary N) is 2. The van der Waals surface area contributed by atoms with Crippen LogP contribution in [0.2, 0.25) is 0 Å². The second kappa shape index (κ2) is 11.6. The van der Waals surface area contributed by atoms with Crippen LogP contribution in [-0.2, 0) is 11.3 Å². The summed E-state index contributed by atoms with van der Waals surface area (Å²) in [6.07, 6.45) is 5.40. The Morgan fingerprint density at radius 3 is 2.58 bits per heavy atom. The molecule has 2 amide bonds. The molecule has 0 saturated carbocycles. The van der Waals surface area contributed by atoms with E-state index >= 15 is 0 Å². The number of carbonyl (C=O) groups is 2. The van der Waals surface area contributed by atoms with E-state index in [-0.39, 0.29) is 23.7 Å². The van der Waals surface area contributed by atoms with E-state index in [1.54, 1.807) is 25.4 Å². The molecule has 1 aliphatic rings. The molecule has 6 heteroatoms. The Labute approximate surface area is 196 Å². The van der Waals surface area contributed by atoms with Crippen molar-refractivity contribution in [3.8, 4) is 5.75 Å². The number of rotatable bonds is 9. The quantitative estimate of drug-likeness (QED) is 0.557. The average molecular weight is 450 g/mol. The van der Waals surface area contributed by atoms with Gasteiger partial charge in [-0.1, -0.05) is 43.7 Å². The number of para-hydroxylation sites is 1. The zero-order valence-electron chi connectivity index (χ0n) is 20.0. The predicted molar refractivity (Wildman–Crippen MR) is 130 cm³/mol. The minimum atomic E-state index is -0.128. The third-order valence-corrected chi connectivity index (χ3v) is 6.56. The molecular formula is C27H35N3O3. The van der Waals surface area contributed by atoms with Gasteiger partial charge in [-0.05, 0) is 61.3 Å². The average Bonchev–Trinajstić information content (AvgIpc) is 2.83. The van der Waals surface area contributed by atoms with Gasteiger partial charge in [-0.2, -0.15) is 0 Å². The maximum absolute atomic E-state index is 12.8. The van der Waals surface area contributed by atoms with Crippen molar-refractivity contribution in [1.29, 1.82) is 0 Å². The molecule has 2 N–H and O–H groups in total. The van der Waals surface area contributed by atoms with Crippen LogP contribution in [0.1, 0.15) is 49.7 Å². The number of hydrogen-bond acceptors (Lipinski definition) is 4. The van der Waals surface area contributed by atoms with Crippen molar-refractivity contribution >= 4 is 11.8 Å². The number of nitrogens with zero attached hydrogens (tertiary/aromatic N) is 1. The lowest BCUT2D eigenvalue weighted by molar-refractivity contribution is -0.122. The van der Waals surface area contributed by atoms with Crippen LogP contribution < -0.4 is 15.4 Å². The molecule has 0 unspecified atom stereocenters. The Kier molecular flexibility index (Phi) is 8.64. The first-order valence-corrected chi connectivity index (χ1v) is 11.6. The molecule has 33 heavy (non-hydrogen) atoms. The van der Waals surface area contributed by atoms with E-state index in [1.807, 2.05) is 30.3 Å². The first-order chi connectivity index (χ1) is 15.9. The molecular weight excluding hydrogens is 414 g/mol. The van der Waals surface area contributed by atoms with Gasteiger partial charge in [-0.15, -0.1) is 0 Å². The number of pyridine rings is 1. The maximum atomic E-state index is 12.8. The van der Waals surface area contributed by atoms with E-state index in [0.29, 0.717) is 42.7 Å². The third-order valence-electron chi connectivity index (χ3n) is 6.56. The number of carbonyl (C=O) groups excluding carboxylic acids is 2. The highest BCUT2D eigenvalue weighted by molar-refractivity contribution is 5.96. The molecule has 0 radical (unpaired) electrons. The molecule has 1 aliphatic carbocycles. The highest BCUT2D eigenvalue weighted by atomic mass is 16.5. The van der Waals surface area contributed by atoms with Gasteiger partial charge in [0.2, 0.25) is 5.91 Å². The summed E-state index contributed by atoms with van der Waals surface area (Å²) in [4.78, 5) is 29.6. The summed E-state index contributed by atoms with van der Waals surface area (Å²) < 4.78 is 5.32. The normalized spacial score (nSPS) is 20.2. The second-order valence-corrected chi connectivity index (χ2v) is 9.13. The molecule has 2 aromatic rings. The molecule has 1 heterocycles. The van der Waals surface area contributed by atoms with Crippen LogP contribution in [-0.4, -0.2) is 30.5 Å². The van der Waals surface area contributed by atoms with Crippen molar-refractivity contribution in [3.63, 3.8) is 0 Å². The minimum Gasteiger partial charge on any atom is -0.496 e. The van der Waals surface area contributed by atoms with E-state index in [1.165, 1.54) is 5.57 Å². The highest BCUT2D eigenvalue weighted by Crippen LogP contribution is 2.38. The summed E-state index contributed by atoms with van der Waals surface area (Å²) in [5.74, 6) is 1.77. The number of hydrogen-bond donors (Lipinski definition) is 2. The molecule has 0 saturated heterocycles. The monoisotopic (exact) mass is 449 g/mol. The van der Waals surface area contributed by atoms with Gasteiger partial charge in [0.05, 0.1) is 24.9 Å². The smallest absolute Gasteiger partial charge is 0.255 e. The van der Waals surface area contributed by atoms with E-state index in [9.17, 15) is 9.59 Å². The standard InChI is InChI=1S/C27H35N3O3/c1-18(2)24-14-20(15-26(31)29-17-22-9-7-8-12-28-22)19(3)13-21(24)16-30-27(32)23-10-5-6-11-25(23)33-4/h5-13,18,20-21,24H,14-17H2,1-4H3,(H,29,31)(H,30,32)/t20-,21-,24-/m0/s1. The Morgan fingerprint density at radius 1 is 1.12 bits per heavy atom. The molecule has 0 aliphatic heterocycles. The molecule has 176 valence electrons. The van der Waals surface area contributed by atoms with Gasteiger partial charge in [-0.3, -0.25) is 14.6 Å². The van der Waals surface area contributed by atoms with Gasteiger partial charge in [0, 0.05) is 19.2 Å². The van der Waals surface area contributed by atoms with Crippen LogP contribution in [0.25, 0.3) is 0 Å². The number of ether oxygens (including phenoxy) is 1. The van der Waals surface area contributed by atoms with Crippen LogP contribution in [0.15, 0.2) is 60.3 Å². The minimum absolute atomic E-state index is 0.0452. The van der Waals surface area contributed by atoms with E-state index in [2.05, 4.69) is 42.5 Å². The number of methoxy groups -OCH3 is 1. The molecule has 6 nitrogen and oxygen atoms in total. The Bertz CT molecular complexity index is 972. The van der Waals surface area contributed by atoms with Crippen molar-refractivity contribution < 1.29 is 14.3 Å². The predicted octanol–water partition coefficient (Wildman–Crippen LogP) is 4.38. The number of aromatic nitrogens is 1. The Hall–Kier alpha value is -3.15. The zero-order chi connectivity index (χ0) is 23.8. The van der Waals surface area contributed by atoms with E-state index in [0.717, 1.165) is 12.1 Å². The topological polar surface area (TPSA) is 80.3 Å². The summed E-state index contributed by atoms with van der Waals surface area (Å²) in [7, 11) is 1.57. The fraction of sp³-hybridized carbons (Fsp3) is 0.444. The molecule has 0 fully saturated rings. The Balaban J connectivity index is 1.60. The molecule has 3 atom stereocenters. The fourth-order valence-corrected chi connectivity index (χ4v) is 4.63. The lowest BCUT2D eigenvalue weighted by atomic mass is 9.69. The first-order valence-electron chi connectivity index (χ1n) is 11.6. The molecule has 1 aromatic heterocycles. The largest absolute Gasteiger partial charge is 0.496 e. The fourth-order valence-electron chi connectivity index (χ4n) is 4.63. The summed E-state index contributed by atoms with van der Waals surface area (Å²) >= 11 is 0. The number of allylic oxidation sites excluding steroid dienone is 1. The van der Waals surface area contributed by atoms with Gasteiger partial charge < -0.3 is 15.4 Å². The summed E-state index contributed by atoms with van der Waals surface area (Å²) in [6, 6.07) is 12.9. The van der Waals surface area contributed by atoms with Crippen LogP contribution in [0, 0.1) is 23.7 Å². The van der Waals surface area contributed by atoms with Crippen LogP contribution in [0.4, 0.5) is 0 Å². The SMILES string of the molecule is COc1ccccc1C(=O)NC[C@@H]1C=C(C)[C@H](CC(=O)NCc2ccccn2)C[C@H]1C(C)C. The van der Waals surface area contributed by atoms with Gasteiger partial charge in [0.25, 0.3) is 5.91 Å². The van der Waals surface area contributed by atoms with Gasteiger partial charge in [-0.25, -0.2) is 0 Å². The van der Waals surface area contributed by atoms with Crippen LogP contribution in [0.5, 0.6) is 5.75 Å². The highest BCUT2D eigenvalue weighted by Gasteiger charge is 2.32.